The summed E-state index contributed by atoms with van der Waals surface area (Å²) in [7, 11) is 0. The first-order chi connectivity index (χ1) is 7.99. The minimum absolute atomic E-state index is 0.204. The van der Waals surface area contributed by atoms with Crippen LogP contribution in [0.2, 0.25) is 0 Å². The smallest absolute Gasteiger partial charge is 0.258 e. The van der Waals surface area contributed by atoms with Gasteiger partial charge >= 0.3 is 0 Å². The molecule has 0 amide bonds. The number of non-ortho nitro benzene ring substituents is 1. The summed E-state index contributed by atoms with van der Waals surface area (Å²) < 4.78 is 37.6. The van der Waals surface area contributed by atoms with E-state index in [0.717, 1.165) is 12.3 Å². The lowest BCUT2D eigenvalue weighted by Crippen LogP contribution is -2.12. The molecule has 0 aliphatic rings. The van der Waals surface area contributed by atoms with Gasteiger partial charge in [0.1, 0.15) is 0 Å². The van der Waals surface area contributed by atoms with Gasteiger partial charge in [0.15, 0.2) is 0 Å². The van der Waals surface area contributed by atoms with Gasteiger partial charge in [-0.3, -0.25) is 10.1 Å². The Morgan fingerprint density at radius 2 is 2.06 bits per heavy atom. The second-order valence-corrected chi connectivity index (χ2v) is 3.32. The van der Waals surface area contributed by atoms with Crippen LogP contribution in [0.25, 0.3) is 10.9 Å². The number of fused-ring (bicyclic) bond motifs is 1. The lowest BCUT2D eigenvalue weighted by atomic mass is 10.2. The van der Waals surface area contributed by atoms with Crippen LogP contribution in [0.15, 0.2) is 24.4 Å². The highest BCUT2D eigenvalue weighted by atomic mass is 19.3. The second-order valence-electron chi connectivity index (χ2n) is 3.32. The molecule has 90 valence electrons. The fourth-order valence-corrected chi connectivity index (χ4v) is 1.39. The molecular weight excluding hydrogens is 239 g/mol. The molecule has 1 aromatic carbocycles. The first-order valence-electron chi connectivity index (χ1n) is 4.54. The van der Waals surface area contributed by atoms with Crippen molar-refractivity contribution in [3.63, 3.8) is 0 Å². The summed E-state index contributed by atoms with van der Waals surface area (Å²) in [5, 5.41) is 14.3. The maximum Gasteiger partial charge on any atom is 0.289 e. The number of nitro benzene ring substituents is 1. The average Bonchev–Trinajstić information content (AvgIpc) is 2.69. The normalized spacial score (nSPS) is 13.2. The molecule has 0 bridgehead atoms. The third-order valence-electron chi connectivity index (χ3n) is 2.18. The molecule has 0 spiro atoms. The number of halogens is 3. The fraction of sp³-hybridized carbons (Fsp3) is 0.222. The van der Waals surface area contributed by atoms with Crippen LogP contribution in [0.1, 0.15) is 6.30 Å². The van der Waals surface area contributed by atoms with Gasteiger partial charge in [-0.25, -0.2) is 17.9 Å². The first-order valence-corrected chi connectivity index (χ1v) is 4.54. The highest BCUT2D eigenvalue weighted by molar-refractivity contribution is 5.80. The molecule has 2 rings (SSSR count). The average molecular weight is 245 g/mol. The Kier molecular flexibility index (Phi) is 2.70. The molecule has 0 saturated carbocycles. The monoisotopic (exact) mass is 245 g/mol. The number of rotatable bonds is 3. The van der Waals surface area contributed by atoms with Crippen molar-refractivity contribution in [2.45, 2.75) is 12.7 Å². The summed E-state index contributed by atoms with van der Waals surface area (Å²) in [6, 6.07) is 3.61. The number of aromatic nitrogens is 2. The van der Waals surface area contributed by atoms with E-state index < -0.39 is 17.6 Å². The van der Waals surface area contributed by atoms with Gasteiger partial charge in [-0.2, -0.15) is 5.10 Å². The highest BCUT2D eigenvalue weighted by Crippen LogP contribution is 2.23. The number of nitro groups is 1. The van der Waals surface area contributed by atoms with Crippen LogP contribution in [0, 0.1) is 10.1 Å². The minimum Gasteiger partial charge on any atom is -0.258 e. The van der Waals surface area contributed by atoms with Crippen molar-refractivity contribution in [3.05, 3.63) is 34.5 Å². The highest BCUT2D eigenvalue weighted by Gasteiger charge is 2.22. The van der Waals surface area contributed by atoms with Gasteiger partial charge in [-0.05, 0) is 6.07 Å². The van der Waals surface area contributed by atoms with Crippen LogP contribution in [0.4, 0.5) is 18.9 Å². The van der Waals surface area contributed by atoms with Gasteiger partial charge < -0.3 is 0 Å². The Bertz CT molecular complexity index is 570. The number of alkyl halides is 3. The van der Waals surface area contributed by atoms with E-state index in [0.29, 0.717) is 4.68 Å². The van der Waals surface area contributed by atoms with E-state index in [1.165, 1.54) is 12.1 Å². The van der Waals surface area contributed by atoms with Crippen molar-refractivity contribution in [1.29, 1.82) is 0 Å². The Hall–Kier alpha value is -2.12. The molecule has 2 aromatic rings. The Labute approximate surface area is 92.6 Å². The summed E-state index contributed by atoms with van der Waals surface area (Å²) in [6.07, 6.45) is -4.74. The Balaban J connectivity index is 2.47. The van der Waals surface area contributed by atoms with Crippen molar-refractivity contribution < 1.29 is 18.1 Å². The fourth-order valence-electron chi connectivity index (χ4n) is 1.39. The lowest BCUT2D eigenvalue weighted by Gasteiger charge is -2.05. The van der Waals surface area contributed by atoms with E-state index in [4.69, 9.17) is 0 Å². The zero-order chi connectivity index (χ0) is 12.6. The molecule has 1 unspecified atom stereocenters. The van der Waals surface area contributed by atoms with Crippen molar-refractivity contribution >= 4 is 16.6 Å². The predicted octanol–water partition coefficient (Wildman–Crippen LogP) is 2.68. The standard InChI is InChI=1S/C9H6F3N3O2/c10-8(11)9(12)14-4-5-3-6(15(16)17)1-2-7(5)13-14/h1-4,8-9H. The molecule has 1 aromatic heterocycles. The molecule has 0 saturated heterocycles. The van der Waals surface area contributed by atoms with E-state index >= 15 is 0 Å². The van der Waals surface area contributed by atoms with E-state index in [-0.39, 0.29) is 16.6 Å². The van der Waals surface area contributed by atoms with Gasteiger partial charge in [0.2, 0.25) is 0 Å². The van der Waals surface area contributed by atoms with Crippen LogP contribution < -0.4 is 0 Å². The molecule has 0 N–H and O–H groups in total. The van der Waals surface area contributed by atoms with E-state index in [1.54, 1.807) is 0 Å². The quantitative estimate of drug-likeness (QED) is 0.616. The van der Waals surface area contributed by atoms with Crippen LogP contribution in [0.3, 0.4) is 0 Å². The summed E-state index contributed by atoms with van der Waals surface area (Å²) in [6.45, 7) is 0. The van der Waals surface area contributed by atoms with E-state index in [2.05, 4.69) is 5.10 Å². The predicted molar refractivity (Wildman–Crippen MR) is 52.5 cm³/mol. The summed E-state index contributed by atoms with van der Waals surface area (Å²) >= 11 is 0. The maximum absolute atomic E-state index is 13.0. The number of hydrogen-bond donors (Lipinski definition) is 0. The molecule has 0 aliphatic heterocycles. The SMILES string of the molecule is O=[N+]([O-])c1ccc2nn(C(F)C(F)F)cc2c1. The minimum atomic E-state index is -3.20. The Morgan fingerprint density at radius 1 is 1.35 bits per heavy atom. The van der Waals surface area contributed by atoms with Crippen LogP contribution in [0.5, 0.6) is 0 Å². The lowest BCUT2D eigenvalue weighted by molar-refractivity contribution is -0.384. The van der Waals surface area contributed by atoms with Gasteiger partial charge in [-0.1, -0.05) is 0 Å². The molecule has 1 atom stereocenters. The van der Waals surface area contributed by atoms with Gasteiger partial charge in [0.25, 0.3) is 18.4 Å². The molecule has 8 heteroatoms. The van der Waals surface area contributed by atoms with Crippen molar-refractivity contribution in [3.8, 4) is 0 Å². The zero-order valence-electron chi connectivity index (χ0n) is 8.26. The molecule has 0 aliphatic carbocycles. The summed E-state index contributed by atoms with van der Waals surface area (Å²) in [4.78, 5) is 9.85. The van der Waals surface area contributed by atoms with Crippen LogP contribution in [-0.4, -0.2) is 21.1 Å². The van der Waals surface area contributed by atoms with Gasteiger partial charge in [0.05, 0.1) is 10.4 Å². The molecule has 0 fully saturated rings. The Morgan fingerprint density at radius 3 is 2.65 bits per heavy atom. The van der Waals surface area contributed by atoms with Crippen molar-refractivity contribution in [1.82, 2.24) is 9.78 Å². The van der Waals surface area contributed by atoms with Crippen molar-refractivity contribution in [2.24, 2.45) is 0 Å². The topological polar surface area (TPSA) is 61.0 Å². The summed E-state index contributed by atoms with van der Waals surface area (Å²) in [5.74, 6) is 0. The second kappa shape index (κ2) is 4.04. The van der Waals surface area contributed by atoms with E-state index in [9.17, 15) is 23.3 Å². The maximum atomic E-state index is 13.0. The molecular formula is C9H6F3N3O2. The first kappa shape index (κ1) is 11.4. The molecule has 5 nitrogen and oxygen atoms in total. The van der Waals surface area contributed by atoms with E-state index in [1.807, 2.05) is 0 Å². The van der Waals surface area contributed by atoms with Crippen LogP contribution >= 0.6 is 0 Å². The van der Waals surface area contributed by atoms with Crippen molar-refractivity contribution in [2.75, 3.05) is 0 Å². The largest absolute Gasteiger partial charge is 0.289 e. The molecule has 17 heavy (non-hydrogen) atoms. The third-order valence-corrected chi connectivity index (χ3v) is 2.18. The van der Waals surface area contributed by atoms with Gasteiger partial charge in [-0.15, -0.1) is 0 Å². The number of benzene rings is 1. The van der Waals surface area contributed by atoms with Gasteiger partial charge in [0, 0.05) is 23.7 Å². The molecule has 0 radical (unpaired) electrons. The number of nitrogens with zero attached hydrogens (tertiary/aromatic N) is 3. The molecule has 1 heterocycles. The zero-order valence-corrected chi connectivity index (χ0v) is 8.26. The van der Waals surface area contributed by atoms with Crippen LogP contribution in [-0.2, 0) is 0 Å². The summed E-state index contributed by atoms with van der Waals surface area (Å²) in [5.41, 5.74) is 0.0170. The number of hydrogen-bond acceptors (Lipinski definition) is 3. The third kappa shape index (κ3) is 2.05.